The normalized spacial score (nSPS) is 12.6. The number of carbonyl (C=O) groups excluding carboxylic acids is 1. The van der Waals surface area contributed by atoms with Crippen LogP contribution in [0.2, 0.25) is 0 Å². The molecule has 4 rings (SSSR count). The first-order chi connectivity index (χ1) is 18.4. The molecular weight excluding hydrogens is 482 g/mol. The molecule has 3 N–H and O–H groups in total. The maximum atomic E-state index is 12.6. The second-order valence-electron chi connectivity index (χ2n) is 9.23. The number of ether oxygens (including phenoxy) is 2. The van der Waals surface area contributed by atoms with Gasteiger partial charge in [0.2, 0.25) is 0 Å². The Balaban J connectivity index is 1.34. The van der Waals surface area contributed by atoms with E-state index < -0.39 is 6.10 Å². The number of aliphatic hydroxyl groups excluding tert-OH is 2. The van der Waals surface area contributed by atoms with Crippen LogP contribution in [0.15, 0.2) is 85.1 Å². The number of hydrogen-bond donors (Lipinski definition) is 3. The molecule has 2 atom stereocenters. The van der Waals surface area contributed by atoms with E-state index in [4.69, 9.17) is 9.47 Å². The lowest BCUT2D eigenvalue weighted by Crippen LogP contribution is -2.41. The van der Waals surface area contributed by atoms with Gasteiger partial charge in [-0.05, 0) is 54.4 Å². The fourth-order valence-electron chi connectivity index (χ4n) is 4.03. The molecular formula is C30H33N3O5. The van der Waals surface area contributed by atoms with E-state index in [0.29, 0.717) is 41.3 Å². The van der Waals surface area contributed by atoms with Gasteiger partial charge in [0, 0.05) is 38.3 Å². The van der Waals surface area contributed by atoms with Crippen molar-refractivity contribution in [3.63, 3.8) is 0 Å². The minimum Gasteiger partial charge on any atom is -0.491 e. The molecule has 1 aromatic heterocycles. The van der Waals surface area contributed by atoms with Crippen molar-refractivity contribution in [1.82, 2.24) is 15.2 Å². The van der Waals surface area contributed by atoms with Crippen LogP contribution in [0.5, 0.6) is 17.2 Å². The minimum absolute atomic E-state index is 0.0679. The van der Waals surface area contributed by atoms with Gasteiger partial charge in [-0.3, -0.25) is 9.78 Å². The third-order valence-electron chi connectivity index (χ3n) is 6.05. The molecule has 1 amide bonds. The van der Waals surface area contributed by atoms with Crippen molar-refractivity contribution in [1.29, 1.82) is 0 Å². The van der Waals surface area contributed by atoms with Gasteiger partial charge >= 0.3 is 0 Å². The summed E-state index contributed by atoms with van der Waals surface area (Å²) in [5.74, 6) is 1.84. The standard InChI is InChI=1S/C30H33N3O5/c1-33(2)30(36)27-10-6-9-26-28(15-16-31-29(26)27)38-25-13-11-21(12-14-25)17-22(19-34)32-18-23(35)20-37-24-7-4-3-5-8-24/h3-16,22-23,32,34-35H,17-20H2,1-2H3/t22-,23-/m0/s1. The highest BCUT2D eigenvalue weighted by Gasteiger charge is 2.16. The van der Waals surface area contributed by atoms with Crippen molar-refractivity contribution in [3.05, 3.63) is 96.2 Å². The fourth-order valence-corrected chi connectivity index (χ4v) is 4.03. The van der Waals surface area contributed by atoms with E-state index >= 15 is 0 Å². The van der Waals surface area contributed by atoms with Crippen LogP contribution in [0.3, 0.4) is 0 Å². The maximum Gasteiger partial charge on any atom is 0.255 e. The Kier molecular flexibility index (Phi) is 9.26. The lowest BCUT2D eigenvalue weighted by Gasteiger charge is -2.19. The van der Waals surface area contributed by atoms with Crippen LogP contribution in [0.1, 0.15) is 15.9 Å². The Morgan fingerprint density at radius 2 is 1.74 bits per heavy atom. The van der Waals surface area contributed by atoms with E-state index in [2.05, 4.69) is 10.3 Å². The zero-order chi connectivity index (χ0) is 26.9. The molecule has 8 heteroatoms. The summed E-state index contributed by atoms with van der Waals surface area (Å²) in [6, 6.07) is 24.0. The van der Waals surface area contributed by atoms with Crippen LogP contribution in [0.25, 0.3) is 10.9 Å². The SMILES string of the molecule is CN(C)C(=O)c1cccc2c(Oc3ccc(C[C@@H](CO)NC[C@H](O)COc4ccccc4)cc3)ccnc12. The van der Waals surface area contributed by atoms with E-state index in [9.17, 15) is 15.0 Å². The van der Waals surface area contributed by atoms with Gasteiger partial charge in [0.05, 0.1) is 17.7 Å². The molecule has 1 heterocycles. The average Bonchev–Trinajstić information content (AvgIpc) is 2.95. The molecule has 0 bridgehead atoms. The first-order valence-electron chi connectivity index (χ1n) is 12.5. The molecule has 0 aliphatic carbocycles. The Labute approximate surface area is 222 Å². The van der Waals surface area contributed by atoms with Gasteiger partial charge in [-0.15, -0.1) is 0 Å². The van der Waals surface area contributed by atoms with Crippen molar-refractivity contribution in [2.75, 3.05) is 33.9 Å². The number of pyridine rings is 1. The van der Waals surface area contributed by atoms with Crippen molar-refractivity contribution in [2.45, 2.75) is 18.6 Å². The summed E-state index contributed by atoms with van der Waals surface area (Å²) in [5.41, 5.74) is 2.12. The number of fused-ring (bicyclic) bond motifs is 1. The smallest absolute Gasteiger partial charge is 0.255 e. The Hall–Kier alpha value is -3.98. The summed E-state index contributed by atoms with van der Waals surface area (Å²) in [5, 5.41) is 24.0. The van der Waals surface area contributed by atoms with Crippen LogP contribution in [-0.4, -0.2) is 72.0 Å². The van der Waals surface area contributed by atoms with E-state index in [1.807, 2.05) is 66.7 Å². The van der Waals surface area contributed by atoms with Crippen LogP contribution in [0.4, 0.5) is 0 Å². The number of aromatic nitrogens is 1. The molecule has 3 aromatic carbocycles. The van der Waals surface area contributed by atoms with Gasteiger partial charge in [-0.1, -0.05) is 36.4 Å². The molecule has 38 heavy (non-hydrogen) atoms. The number of amides is 1. The fraction of sp³-hybridized carbons (Fsp3) is 0.267. The largest absolute Gasteiger partial charge is 0.491 e. The average molecular weight is 516 g/mol. The summed E-state index contributed by atoms with van der Waals surface area (Å²) in [6.45, 7) is 0.393. The minimum atomic E-state index is -0.705. The van der Waals surface area contributed by atoms with Gasteiger partial charge in [0.25, 0.3) is 5.91 Å². The number of hydrogen-bond acceptors (Lipinski definition) is 7. The van der Waals surface area contributed by atoms with Crippen molar-refractivity contribution < 1.29 is 24.5 Å². The highest BCUT2D eigenvalue weighted by molar-refractivity contribution is 6.06. The number of rotatable bonds is 12. The van der Waals surface area contributed by atoms with Crippen molar-refractivity contribution in [2.24, 2.45) is 0 Å². The van der Waals surface area contributed by atoms with Crippen molar-refractivity contribution in [3.8, 4) is 17.2 Å². The Bertz CT molecular complexity index is 1330. The predicted molar refractivity (Wildman–Crippen MR) is 147 cm³/mol. The lowest BCUT2D eigenvalue weighted by molar-refractivity contribution is 0.0829. The Morgan fingerprint density at radius 1 is 0.974 bits per heavy atom. The third-order valence-corrected chi connectivity index (χ3v) is 6.05. The number of aliphatic hydroxyl groups is 2. The molecule has 0 aliphatic rings. The molecule has 0 radical (unpaired) electrons. The third kappa shape index (κ3) is 7.07. The summed E-state index contributed by atoms with van der Waals surface area (Å²) < 4.78 is 11.7. The van der Waals surface area contributed by atoms with Gasteiger partial charge in [0.15, 0.2) is 0 Å². The van der Waals surface area contributed by atoms with E-state index in [-0.39, 0.29) is 25.2 Å². The van der Waals surface area contributed by atoms with E-state index in [1.54, 1.807) is 32.4 Å². The molecule has 198 valence electrons. The monoisotopic (exact) mass is 515 g/mol. The number of carbonyl (C=O) groups is 1. The maximum absolute atomic E-state index is 12.6. The topological polar surface area (TPSA) is 104 Å². The summed E-state index contributed by atoms with van der Waals surface area (Å²) in [6.07, 6.45) is 1.51. The molecule has 0 unspecified atom stereocenters. The molecule has 4 aromatic rings. The Morgan fingerprint density at radius 3 is 2.45 bits per heavy atom. The van der Waals surface area contributed by atoms with E-state index in [1.165, 1.54) is 4.90 Å². The highest BCUT2D eigenvalue weighted by Crippen LogP contribution is 2.30. The zero-order valence-corrected chi connectivity index (χ0v) is 21.6. The molecule has 0 saturated heterocycles. The van der Waals surface area contributed by atoms with E-state index in [0.717, 1.165) is 10.9 Å². The first kappa shape index (κ1) is 27.1. The van der Waals surface area contributed by atoms with Crippen LogP contribution >= 0.6 is 0 Å². The van der Waals surface area contributed by atoms with Crippen LogP contribution in [0, 0.1) is 0 Å². The molecule has 0 spiro atoms. The van der Waals surface area contributed by atoms with Gasteiger partial charge in [0.1, 0.15) is 30.0 Å². The number of para-hydroxylation sites is 2. The lowest BCUT2D eigenvalue weighted by atomic mass is 10.1. The van der Waals surface area contributed by atoms with Crippen LogP contribution in [-0.2, 0) is 6.42 Å². The molecule has 0 fully saturated rings. The summed E-state index contributed by atoms with van der Waals surface area (Å²) in [4.78, 5) is 18.5. The summed E-state index contributed by atoms with van der Waals surface area (Å²) >= 11 is 0. The highest BCUT2D eigenvalue weighted by atomic mass is 16.5. The molecule has 0 aliphatic heterocycles. The summed E-state index contributed by atoms with van der Waals surface area (Å²) in [7, 11) is 3.42. The number of benzene rings is 3. The number of nitrogens with one attached hydrogen (secondary N) is 1. The zero-order valence-electron chi connectivity index (χ0n) is 21.6. The quantitative estimate of drug-likeness (QED) is 0.265. The predicted octanol–water partition coefficient (Wildman–Crippen LogP) is 3.66. The number of nitrogens with zero attached hydrogens (tertiary/aromatic N) is 2. The van der Waals surface area contributed by atoms with Gasteiger partial charge < -0.3 is 29.9 Å². The second kappa shape index (κ2) is 13.0. The van der Waals surface area contributed by atoms with Gasteiger partial charge in [-0.2, -0.15) is 0 Å². The molecule has 0 saturated carbocycles. The second-order valence-corrected chi connectivity index (χ2v) is 9.23. The van der Waals surface area contributed by atoms with Gasteiger partial charge in [-0.25, -0.2) is 0 Å². The molecule has 8 nitrogen and oxygen atoms in total. The van der Waals surface area contributed by atoms with Crippen LogP contribution < -0.4 is 14.8 Å². The first-order valence-corrected chi connectivity index (χ1v) is 12.5. The van der Waals surface area contributed by atoms with Crippen molar-refractivity contribution >= 4 is 16.8 Å².